The summed E-state index contributed by atoms with van der Waals surface area (Å²) in [5.74, 6) is 0.980. The molecule has 0 radical (unpaired) electrons. The molecule has 0 aromatic heterocycles. The molecule has 1 atom stereocenters. The number of fused-ring (bicyclic) bond motifs is 1. The van der Waals surface area contributed by atoms with E-state index in [4.69, 9.17) is 4.74 Å². The van der Waals surface area contributed by atoms with Gasteiger partial charge in [-0.05, 0) is 68.8 Å². The van der Waals surface area contributed by atoms with Crippen LogP contribution in [-0.2, 0) is 12.8 Å². The van der Waals surface area contributed by atoms with Crippen molar-refractivity contribution in [1.82, 2.24) is 4.90 Å². The Bertz CT molecular complexity index is 942. The summed E-state index contributed by atoms with van der Waals surface area (Å²) in [6, 6.07) is 12.6. The van der Waals surface area contributed by atoms with Crippen LogP contribution < -0.4 is 4.74 Å². The zero-order valence-corrected chi connectivity index (χ0v) is 16.7. The van der Waals surface area contributed by atoms with Crippen molar-refractivity contribution in [2.45, 2.75) is 44.1 Å². The smallest absolute Gasteiger partial charge is 0.272 e. The first kappa shape index (κ1) is 19.6. The average Bonchev–Trinajstić information content (AvgIpc) is 2.75. The van der Waals surface area contributed by atoms with Gasteiger partial charge >= 0.3 is 0 Å². The summed E-state index contributed by atoms with van der Waals surface area (Å²) in [7, 11) is 1.64. The van der Waals surface area contributed by atoms with Crippen molar-refractivity contribution in [2.24, 2.45) is 0 Å². The number of ketones is 1. The Labute approximate surface area is 170 Å². The van der Waals surface area contributed by atoms with Crippen LogP contribution in [-0.4, -0.2) is 41.3 Å². The molecule has 0 saturated carbocycles. The predicted molar refractivity (Wildman–Crippen MR) is 111 cm³/mol. The Balaban J connectivity index is 1.59. The van der Waals surface area contributed by atoms with E-state index < -0.39 is 5.54 Å². The maximum absolute atomic E-state index is 13.6. The summed E-state index contributed by atoms with van der Waals surface area (Å²) in [6.45, 7) is 1.51. The first-order valence-corrected chi connectivity index (χ1v) is 10.2. The quantitative estimate of drug-likeness (QED) is 0.561. The molecule has 2 aromatic rings. The van der Waals surface area contributed by atoms with Crippen molar-refractivity contribution in [2.75, 3.05) is 20.2 Å². The number of Topliss-reactive ketones (excluding diaryl/α,β-unsaturated/α-hetero) is 1. The number of methoxy groups -OCH3 is 1. The van der Waals surface area contributed by atoms with E-state index in [2.05, 4.69) is 4.90 Å². The zero-order valence-electron chi connectivity index (χ0n) is 16.7. The highest BCUT2D eigenvalue weighted by molar-refractivity contribution is 6.05. The minimum absolute atomic E-state index is 0.158. The molecule has 152 valence electrons. The molecule has 6 nitrogen and oxygen atoms in total. The summed E-state index contributed by atoms with van der Waals surface area (Å²) < 4.78 is 5.31. The Kier molecular flexibility index (Phi) is 5.37. The van der Waals surface area contributed by atoms with Crippen molar-refractivity contribution >= 4 is 11.5 Å². The standard InChI is InChI=1S/C23H26N2O4/c1-29-19-8-9-20-18(16-19)10-13-23(22(20)26)12-4-5-14-24(23)15-11-17-6-2-3-7-21(17)25(27)28/h2-3,6-9,16H,4-5,10-15H2,1H3. The lowest BCUT2D eigenvalue weighted by molar-refractivity contribution is -0.385. The lowest BCUT2D eigenvalue weighted by Crippen LogP contribution is -2.59. The molecular weight excluding hydrogens is 368 g/mol. The van der Waals surface area contributed by atoms with Gasteiger partial charge in [-0.3, -0.25) is 19.8 Å². The Morgan fingerprint density at radius 2 is 2.00 bits per heavy atom. The van der Waals surface area contributed by atoms with Crippen LogP contribution in [0, 0.1) is 10.1 Å². The number of nitro groups is 1. The second-order valence-corrected chi connectivity index (χ2v) is 7.96. The highest BCUT2D eigenvalue weighted by atomic mass is 16.6. The SMILES string of the molecule is COc1ccc2c(c1)CCC1(CCCCN1CCc1ccccc1[N+](=O)[O-])C2=O. The molecule has 1 fully saturated rings. The van der Waals surface area contributed by atoms with Gasteiger partial charge < -0.3 is 4.74 Å². The number of ether oxygens (including phenoxy) is 1. The third-order valence-corrected chi connectivity index (χ3v) is 6.50. The maximum Gasteiger partial charge on any atom is 0.272 e. The van der Waals surface area contributed by atoms with E-state index >= 15 is 0 Å². The first-order chi connectivity index (χ1) is 14.0. The highest BCUT2D eigenvalue weighted by Gasteiger charge is 2.47. The fourth-order valence-corrected chi connectivity index (χ4v) is 4.95. The summed E-state index contributed by atoms with van der Waals surface area (Å²) in [4.78, 5) is 26.9. The number of hydrogen-bond donors (Lipinski definition) is 0. The minimum Gasteiger partial charge on any atom is -0.497 e. The average molecular weight is 394 g/mol. The second-order valence-electron chi connectivity index (χ2n) is 7.96. The molecule has 1 saturated heterocycles. The molecule has 1 heterocycles. The van der Waals surface area contributed by atoms with Gasteiger partial charge in [-0.25, -0.2) is 0 Å². The van der Waals surface area contributed by atoms with Crippen LogP contribution in [0.2, 0.25) is 0 Å². The molecule has 6 heteroatoms. The van der Waals surface area contributed by atoms with Crippen LogP contribution in [0.1, 0.15) is 47.2 Å². The molecule has 2 aliphatic rings. The number of para-hydroxylation sites is 1. The number of aryl methyl sites for hydroxylation is 1. The molecule has 1 unspecified atom stereocenters. The lowest BCUT2D eigenvalue weighted by Gasteiger charge is -2.48. The second kappa shape index (κ2) is 7.95. The summed E-state index contributed by atoms with van der Waals surface area (Å²) in [5.41, 5.74) is 2.26. The Hall–Kier alpha value is -2.73. The predicted octanol–water partition coefficient (Wildman–Crippen LogP) is 4.20. The van der Waals surface area contributed by atoms with E-state index in [1.807, 2.05) is 30.3 Å². The number of hydrogen-bond acceptors (Lipinski definition) is 5. The largest absolute Gasteiger partial charge is 0.497 e. The van der Waals surface area contributed by atoms with Crippen molar-refractivity contribution < 1.29 is 14.5 Å². The van der Waals surface area contributed by atoms with Crippen LogP contribution in [0.3, 0.4) is 0 Å². The lowest BCUT2D eigenvalue weighted by atomic mass is 9.71. The first-order valence-electron chi connectivity index (χ1n) is 10.2. The van der Waals surface area contributed by atoms with Crippen LogP contribution in [0.4, 0.5) is 5.69 Å². The van der Waals surface area contributed by atoms with Gasteiger partial charge in [-0.2, -0.15) is 0 Å². The van der Waals surface area contributed by atoms with Crippen molar-refractivity contribution in [3.05, 3.63) is 69.3 Å². The number of rotatable bonds is 5. The monoisotopic (exact) mass is 394 g/mol. The van der Waals surface area contributed by atoms with E-state index in [1.165, 1.54) is 0 Å². The van der Waals surface area contributed by atoms with Gasteiger partial charge in [0.1, 0.15) is 5.75 Å². The topological polar surface area (TPSA) is 72.7 Å². The molecule has 0 N–H and O–H groups in total. The highest BCUT2D eigenvalue weighted by Crippen LogP contribution is 2.40. The van der Waals surface area contributed by atoms with E-state index in [1.54, 1.807) is 19.2 Å². The number of piperidine rings is 1. The molecular formula is C23H26N2O4. The summed E-state index contributed by atoms with van der Waals surface area (Å²) in [6.07, 6.45) is 5.17. The number of carbonyl (C=O) groups is 1. The molecule has 29 heavy (non-hydrogen) atoms. The van der Waals surface area contributed by atoms with Gasteiger partial charge in [0.2, 0.25) is 0 Å². The van der Waals surface area contributed by atoms with Gasteiger partial charge in [-0.15, -0.1) is 0 Å². The number of nitro benzene ring substituents is 1. The van der Waals surface area contributed by atoms with Gasteiger partial charge in [0.15, 0.2) is 5.78 Å². The Morgan fingerprint density at radius 1 is 1.17 bits per heavy atom. The Morgan fingerprint density at radius 3 is 2.79 bits per heavy atom. The molecule has 0 amide bonds. The normalized spacial score (nSPS) is 21.8. The number of benzene rings is 2. The van der Waals surface area contributed by atoms with Crippen LogP contribution >= 0.6 is 0 Å². The zero-order chi connectivity index (χ0) is 20.4. The number of nitrogens with zero attached hydrogens (tertiary/aromatic N) is 2. The third-order valence-electron chi connectivity index (χ3n) is 6.50. The van der Waals surface area contributed by atoms with E-state index in [-0.39, 0.29) is 16.4 Å². The van der Waals surface area contributed by atoms with Gasteiger partial charge in [-0.1, -0.05) is 18.2 Å². The summed E-state index contributed by atoms with van der Waals surface area (Å²) >= 11 is 0. The maximum atomic E-state index is 13.6. The van der Waals surface area contributed by atoms with Crippen molar-refractivity contribution in [1.29, 1.82) is 0 Å². The molecule has 1 spiro atoms. The van der Waals surface area contributed by atoms with E-state index in [0.29, 0.717) is 13.0 Å². The third kappa shape index (κ3) is 3.53. The van der Waals surface area contributed by atoms with Gasteiger partial charge in [0.25, 0.3) is 5.69 Å². The fourth-order valence-electron chi connectivity index (χ4n) is 4.95. The van der Waals surface area contributed by atoms with Gasteiger partial charge in [0.05, 0.1) is 17.6 Å². The van der Waals surface area contributed by atoms with Crippen molar-refractivity contribution in [3.63, 3.8) is 0 Å². The number of likely N-dealkylation sites (tertiary alicyclic amines) is 1. The molecule has 1 aliphatic heterocycles. The molecule has 2 aromatic carbocycles. The van der Waals surface area contributed by atoms with Crippen LogP contribution in [0.5, 0.6) is 5.75 Å². The number of carbonyl (C=O) groups excluding carboxylic acids is 1. The van der Waals surface area contributed by atoms with E-state index in [9.17, 15) is 14.9 Å². The summed E-state index contributed by atoms with van der Waals surface area (Å²) in [5, 5.41) is 11.3. The molecule has 1 aliphatic carbocycles. The van der Waals surface area contributed by atoms with E-state index in [0.717, 1.165) is 61.1 Å². The molecule has 0 bridgehead atoms. The van der Waals surface area contributed by atoms with Gasteiger partial charge in [0, 0.05) is 23.7 Å². The molecule has 4 rings (SSSR count). The fraction of sp³-hybridized carbons (Fsp3) is 0.435. The minimum atomic E-state index is -0.483. The van der Waals surface area contributed by atoms with Crippen LogP contribution in [0.15, 0.2) is 42.5 Å². The van der Waals surface area contributed by atoms with Crippen LogP contribution in [0.25, 0.3) is 0 Å². The van der Waals surface area contributed by atoms with Crippen molar-refractivity contribution in [3.8, 4) is 5.75 Å².